The average Bonchev–Trinajstić information content (AvgIpc) is 3.88. The van der Waals surface area contributed by atoms with E-state index in [4.69, 9.17) is 9.97 Å². The van der Waals surface area contributed by atoms with Gasteiger partial charge in [-0.1, -0.05) is 121 Å². The topological polar surface area (TPSA) is 38.9 Å². The summed E-state index contributed by atoms with van der Waals surface area (Å²) in [6, 6.07) is 76.7. The third-order valence-corrected chi connectivity index (χ3v) is 12.8. The van der Waals surface area contributed by atoms with Crippen molar-refractivity contribution in [3.8, 4) is 22.5 Å². The van der Waals surface area contributed by atoms with E-state index in [0.29, 0.717) is 0 Å². The summed E-state index contributed by atoms with van der Waals surface area (Å²) in [4.78, 5) is 12.3. The second kappa shape index (κ2) is 14.0. The van der Waals surface area contributed by atoms with Crippen LogP contribution in [0, 0.1) is 0 Å². The van der Waals surface area contributed by atoms with E-state index in [1.807, 2.05) is 0 Å². The third-order valence-electron chi connectivity index (χ3n) is 12.8. The summed E-state index contributed by atoms with van der Waals surface area (Å²) >= 11 is 0. The molecule has 0 atom stereocenters. The van der Waals surface area contributed by atoms with Gasteiger partial charge in [-0.2, -0.15) is 0 Å². The lowest BCUT2D eigenvalue weighted by molar-refractivity contribution is 1.17. The van der Waals surface area contributed by atoms with Crippen LogP contribution in [0.4, 0.5) is 17.1 Å². The molecule has 5 heteroatoms. The van der Waals surface area contributed by atoms with Crippen molar-refractivity contribution in [1.82, 2.24) is 19.1 Å². The van der Waals surface area contributed by atoms with Crippen molar-refractivity contribution in [2.75, 3.05) is 4.90 Å². The zero-order valence-corrected chi connectivity index (χ0v) is 34.1. The van der Waals surface area contributed by atoms with Gasteiger partial charge >= 0.3 is 0 Å². The summed E-state index contributed by atoms with van der Waals surface area (Å²) in [6.45, 7) is 0. The molecule has 294 valence electrons. The van der Waals surface area contributed by atoms with Crippen LogP contribution in [0.5, 0.6) is 0 Å². The van der Waals surface area contributed by atoms with Crippen molar-refractivity contribution >= 4 is 93.3 Å². The van der Waals surface area contributed by atoms with Crippen LogP contribution in [0.3, 0.4) is 0 Å². The molecule has 0 spiro atoms. The summed E-state index contributed by atoms with van der Waals surface area (Å²) in [5.74, 6) is 0. The van der Waals surface area contributed by atoms with Crippen LogP contribution in [0.1, 0.15) is 0 Å². The molecule has 10 aromatic carbocycles. The van der Waals surface area contributed by atoms with E-state index in [1.165, 1.54) is 54.7 Å². The predicted octanol–water partition coefficient (Wildman–Crippen LogP) is 15.3. The number of para-hydroxylation sites is 4. The molecule has 0 unspecified atom stereocenters. The minimum atomic E-state index is 0.887. The highest BCUT2D eigenvalue weighted by atomic mass is 15.1. The number of benzene rings is 10. The minimum absolute atomic E-state index is 0.887. The number of nitrogens with zero attached hydrogens (tertiary/aromatic N) is 5. The van der Waals surface area contributed by atoms with E-state index in [9.17, 15) is 0 Å². The molecule has 0 aliphatic heterocycles. The first kappa shape index (κ1) is 35.2. The van der Waals surface area contributed by atoms with Crippen LogP contribution in [0.15, 0.2) is 225 Å². The Bertz CT molecular complexity index is 3640. The van der Waals surface area contributed by atoms with Gasteiger partial charge in [0.1, 0.15) is 0 Å². The van der Waals surface area contributed by atoms with Crippen molar-refractivity contribution in [1.29, 1.82) is 0 Å². The Hall–Kier alpha value is -8.54. The lowest BCUT2D eigenvalue weighted by Gasteiger charge is -2.27. The van der Waals surface area contributed by atoms with Gasteiger partial charge in [-0.05, 0) is 113 Å². The first-order valence-corrected chi connectivity index (χ1v) is 21.4. The van der Waals surface area contributed by atoms with Crippen molar-refractivity contribution < 1.29 is 0 Å². The van der Waals surface area contributed by atoms with Gasteiger partial charge in [-0.3, -0.25) is 9.97 Å². The molecular formula is C58H37N5. The maximum Gasteiger partial charge on any atom is 0.0972 e. The van der Waals surface area contributed by atoms with E-state index in [1.54, 1.807) is 12.4 Å². The molecule has 0 amide bonds. The average molecular weight is 804 g/mol. The number of hydrogen-bond donors (Lipinski definition) is 0. The van der Waals surface area contributed by atoms with Gasteiger partial charge in [-0.15, -0.1) is 0 Å². The van der Waals surface area contributed by atoms with Crippen molar-refractivity contribution in [3.05, 3.63) is 225 Å². The first-order valence-electron chi connectivity index (χ1n) is 21.4. The quantitative estimate of drug-likeness (QED) is 0.157. The predicted molar refractivity (Wildman–Crippen MR) is 263 cm³/mol. The second-order valence-electron chi connectivity index (χ2n) is 16.2. The zero-order chi connectivity index (χ0) is 41.4. The fraction of sp³-hybridized carbons (Fsp3) is 0. The molecule has 3 aromatic heterocycles. The lowest BCUT2D eigenvalue weighted by Crippen LogP contribution is -2.10. The number of hydrogen-bond acceptors (Lipinski definition) is 3. The fourth-order valence-electron chi connectivity index (χ4n) is 9.97. The van der Waals surface area contributed by atoms with Gasteiger partial charge in [0.2, 0.25) is 0 Å². The Balaban J connectivity index is 1.00. The maximum atomic E-state index is 4.98. The van der Waals surface area contributed by atoms with Gasteiger partial charge in [0.25, 0.3) is 0 Å². The Labute approximate surface area is 363 Å². The molecule has 0 aliphatic rings. The number of fused-ring (bicyclic) bond motifs is 12. The summed E-state index contributed by atoms with van der Waals surface area (Å²) in [6.07, 6.45) is 3.60. The highest BCUT2D eigenvalue weighted by Gasteiger charge is 2.19. The number of aromatic nitrogens is 4. The smallest absolute Gasteiger partial charge is 0.0972 e. The maximum absolute atomic E-state index is 4.98. The summed E-state index contributed by atoms with van der Waals surface area (Å²) < 4.78 is 4.74. The molecule has 0 saturated carbocycles. The third kappa shape index (κ3) is 5.50. The molecule has 0 N–H and O–H groups in total. The van der Waals surface area contributed by atoms with E-state index in [0.717, 1.165) is 61.0 Å². The molecule has 3 heterocycles. The highest BCUT2D eigenvalue weighted by molar-refractivity contribution is 6.24. The number of anilines is 3. The molecule has 0 fully saturated rings. The molecule has 0 radical (unpaired) electrons. The Morgan fingerprint density at radius 3 is 1.22 bits per heavy atom. The molecule has 0 saturated heterocycles. The molecule has 13 rings (SSSR count). The Morgan fingerprint density at radius 2 is 0.714 bits per heavy atom. The van der Waals surface area contributed by atoms with Crippen LogP contribution in [-0.4, -0.2) is 19.1 Å². The normalized spacial score (nSPS) is 11.8. The number of rotatable bonds is 6. The van der Waals surface area contributed by atoms with E-state index >= 15 is 0 Å². The molecule has 63 heavy (non-hydrogen) atoms. The van der Waals surface area contributed by atoms with Gasteiger partial charge in [0, 0.05) is 73.1 Å². The summed E-state index contributed by atoms with van der Waals surface area (Å²) in [7, 11) is 0. The molecule has 0 bridgehead atoms. The van der Waals surface area contributed by atoms with Crippen LogP contribution in [0.25, 0.3) is 98.7 Å². The fourth-order valence-corrected chi connectivity index (χ4v) is 9.97. The van der Waals surface area contributed by atoms with Crippen molar-refractivity contribution in [3.63, 3.8) is 0 Å². The van der Waals surface area contributed by atoms with Gasteiger partial charge in [0.15, 0.2) is 0 Å². The van der Waals surface area contributed by atoms with E-state index in [-0.39, 0.29) is 0 Å². The Morgan fingerprint density at radius 1 is 0.286 bits per heavy atom. The Kier molecular flexibility index (Phi) is 7.84. The lowest BCUT2D eigenvalue weighted by atomic mass is 9.95. The zero-order valence-electron chi connectivity index (χ0n) is 34.1. The van der Waals surface area contributed by atoms with Gasteiger partial charge < -0.3 is 14.0 Å². The van der Waals surface area contributed by atoms with Crippen molar-refractivity contribution in [2.24, 2.45) is 0 Å². The van der Waals surface area contributed by atoms with Crippen molar-refractivity contribution in [2.45, 2.75) is 0 Å². The van der Waals surface area contributed by atoms with Crippen LogP contribution in [-0.2, 0) is 0 Å². The van der Waals surface area contributed by atoms with Crippen LogP contribution in [0.2, 0.25) is 0 Å². The van der Waals surface area contributed by atoms with Gasteiger partial charge in [0.05, 0.1) is 33.1 Å². The first-order chi connectivity index (χ1) is 31.3. The summed E-state index contributed by atoms with van der Waals surface area (Å²) in [5.41, 5.74) is 14.2. The largest absolute Gasteiger partial charge is 0.310 e. The van der Waals surface area contributed by atoms with Gasteiger partial charge in [-0.25, -0.2) is 0 Å². The molecular weight excluding hydrogens is 767 g/mol. The minimum Gasteiger partial charge on any atom is -0.310 e. The highest BCUT2D eigenvalue weighted by Crippen LogP contribution is 2.42. The van der Waals surface area contributed by atoms with E-state index in [2.05, 4.69) is 226 Å². The second-order valence-corrected chi connectivity index (χ2v) is 16.2. The van der Waals surface area contributed by atoms with Crippen LogP contribution >= 0.6 is 0 Å². The SMILES string of the molecule is c1ccc(-c2ccc3c(c2)c2ccc(N(c4ccc(-n5c6ccccc6c6ccccc65)cc4)c4ccc(-n5c6ccccc6c6ccccc65)cc4)cc2c2nccnc32)cc1. The molecule has 0 aliphatic carbocycles. The van der Waals surface area contributed by atoms with E-state index < -0.39 is 0 Å². The van der Waals surface area contributed by atoms with Crippen LogP contribution < -0.4 is 4.90 Å². The molecule has 13 aromatic rings. The standard InChI is InChI=1S/C58H37N5/c1-2-12-38(13-3-1)39-22-32-50-51(36-39)45-33-31-44(37-52(45)58-57(50)59-34-35-60-58)61(40-23-27-42(28-24-40)62-53-18-8-4-14-46(53)47-15-5-9-19-54(47)62)41-25-29-43(30-26-41)63-55-20-10-6-16-48(55)49-17-7-11-21-56(49)63/h1-37H. The summed E-state index contributed by atoms with van der Waals surface area (Å²) in [5, 5.41) is 9.44. The monoisotopic (exact) mass is 803 g/mol. The molecule has 5 nitrogen and oxygen atoms in total.